The number of alkyl halides is 6. The molecule has 0 aliphatic rings. The Bertz CT molecular complexity index is 1440. The molecule has 41 heavy (non-hydrogen) atoms. The maximum atomic E-state index is 14.5. The molecule has 0 saturated carbocycles. The summed E-state index contributed by atoms with van der Waals surface area (Å²) >= 11 is 1.09. The number of carbonyl (C=O) groups is 1. The normalized spacial score (nSPS) is 11.8. The lowest BCUT2D eigenvalue weighted by atomic mass is 10.1. The number of nitrogens with zero attached hydrogens (tertiary/aromatic N) is 1. The average molecular weight is 605 g/mol. The maximum Gasteiger partial charge on any atom is 0.422 e. The number of benzene rings is 2. The number of nitrogens with one attached hydrogen (secondary N) is 3. The van der Waals surface area contributed by atoms with Crippen molar-refractivity contribution in [1.82, 2.24) is 10.2 Å². The summed E-state index contributed by atoms with van der Waals surface area (Å²) in [6.45, 7) is -0.694. The first kappa shape index (κ1) is 31.8. The lowest BCUT2D eigenvalue weighted by molar-refractivity contribution is -0.153. The van der Waals surface area contributed by atoms with Crippen molar-refractivity contribution < 1.29 is 40.3 Å². The monoisotopic (exact) mass is 604 g/mol. The molecule has 0 radical (unpaired) electrons. The molecule has 0 unspecified atom stereocenters. The van der Waals surface area contributed by atoms with E-state index >= 15 is 0 Å². The number of anilines is 2. The molecule has 1 heterocycles. The Kier molecular flexibility index (Phi) is 10.3. The molecule has 0 aliphatic carbocycles. The molecule has 3 N–H and O–H groups in total. The summed E-state index contributed by atoms with van der Waals surface area (Å²) < 4.78 is 98.4. The Morgan fingerprint density at radius 3 is 2.41 bits per heavy atom. The Morgan fingerprint density at radius 1 is 1.05 bits per heavy atom. The quantitative estimate of drug-likeness (QED) is 0.199. The van der Waals surface area contributed by atoms with E-state index in [1.165, 1.54) is 7.05 Å². The van der Waals surface area contributed by atoms with Gasteiger partial charge >= 0.3 is 12.4 Å². The molecule has 2 aromatic carbocycles. The Morgan fingerprint density at radius 2 is 1.78 bits per heavy atom. The number of thiophene rings is 1. The highest BCUT2D eigenvalue weighted by molar-refractivity contribution is 7.20. The van der Waals surface area contributed by atoms with Gasteiger partial charge in [-0.05, 0) is 37.2 Å². The van der Waals surface area contributed by atoms with Crippen LogP contribution in [-0.4, -0.2) is 70.5 Å². The first-order valence-corrected chi connectivity index (χ1v) is 13.0. The van der Waals surface area contributed by atoms with Crippen LogP contribution >= 0.6 is 11.3 Å². The second-order valence-electron chi connectivity index (χ2n) is 9.08. The van der Waals surface area contributed by atoms with Gasteiger partial charge in [0.2, 0.25) is 0 Å². The summed E-state index contributed by atoms with van der Waals surface area (Å²) in [5, 5.41) is 8.44. The van der Waals surface area contributed by atoms with Crippen molar-refractivity contribution in [2.45, 2.75) is 18.8 Å². The lowest BCUT2D eigenvalue weighted by Gasteiger charge is -2.15. The third-order valence-electron chi connectivity index (χ3n) is 5.57. The van der Waals surface area contributed by atoms with Crippen LogP contribution in [0.1, 0.15) is 20.8 Å². The standard InChI is InChI=1S/C27H27F7N4O2S/c1-35-25(39)17-12-22(40-15-27(32,33)34)21(13-19(17)28)36-9-5-8-23-18(14-26(29,30)31)16-6-4-7-20(24(16)41-23)37-10-11-38(2)3/h4,6-7,12-13,36-37H,9-11,14-15H2,1-3H3,(H,35,39). The average Bonchev–Trinajstić information content (AvgIpc) is 3.21. The van der Waals surface area contributed by atoms with Crippen LogP contribution in [0.25, 0.3) is 10.1 Å². The van der Waals surface area contributed by atoms with Crippen LogP contribution in [0.2, 0.25) is 0 Å². The summed E-state index contributed by atoms with van der Waals surface area (Å²) in [4.78, 5) is 14.0. The minimum Gasteiger partial charge on any atom is -0.482 e. The van der Waals surface area contributed by atoms with Gasteiger partial charge in [0.25, 0.3) is 5.91 Å². The Labute approximate surface area is 235 Å². The second kappa shape index (κ2) is 13.3. The number of ether oxygens (including phenoxy) is 1. The molecular formula is C27H27F7N4O2S. The molecule has 0 saturated heterocycles. The SMILES string of the molecule is CNC(=O)c1cc(OCC(F)(F)F)c(NCC#Cc2sc3c(NCCN(C)C)cccc3c2CC(F)(F)F)cc1F. The molecule has 6 nitrogen and oxygen atoms in total. The molecule has 0 fully saturated rings. The van der Waals surface area contributed by atoms with Gasteiger partial charge in [0.05, 0.1) is 39.5 Å². The molecular weight excluding hydrogens is 577 g/mol. The van der Waals surface area contributed by atoms with Gasteiger partial charge in [0.1, 0.15) is 11.6 Å². The summed E-state index contributed by atoms with van der Waals surface area (Å²) in [6, 6.07) is 6.63. The number of fused-ring (bicyclic) bond motifs is 1. The van der Waals surface area contributed by atoms with Gasteiger partial charge in [-0.25, -0.2) is 4.39 Å². The smallest absolute Gasteiger partial charge is 0.422 e. The third kappa shape index (κ3) is 9.15. The molecule has 222 valence electrons. The van der Waals surface area contributed by atoms with Crippen LogP contribution in [0.15, 0.2) is 30.3 Å². The van der Waals surface area contributed by atoms with Crippen molar-refractivity contribution in [3.8, 4) is 17.6 Å². The fraction of sp³-hybridized carbons (Fsp3) is 0.370. The number of rotatable bonds is 10. The summed E-state index contributed by atoms with van der Waals surface area (Å²) in [5.41, 5.74) is -0.0650. The topological polar surface area (TPSA) is 65.6 Å². The van der Waals surface area contributed by atoms with Crippen molar-refractivity contribution in [2.24, 2.45) is 0 Å². The van der Waals surface area contributed by atoms with Crippen molar-refractivity contribution in [3.63, 3.8) is 0 Å². The molecule has 1 amide bonds. The van der Waals surface area contributed by atoms with Crippen molar-refractivity contribution in [1.29, 1.82) is 0 Å². The largest absolute Gasteiger partial charge is 0.482 e. The molecule has 0 spiro atoms. The summed E-state index contributed by atoms with van der Waals surface area (Å²) in [6.07, 6.45) is -10.4. The highest BCUT2D eigenvalue weighted by atomic mass is 32.1. The first-order valence-electron chi connectivity index (χ1n) is 12.2. The third-order valence-corrected chi connectivity index (χ3v) is 6.77. The molecule has 3 rings (SSSR count). The van der Waals surface area contributed by atoms with Gasteiger partial charge in [0, 0.05) is 26.2 Å². The van der Waals surface area contributed by atoms with Gasteiger partial charge in [-0.3, -0.25) is 4.79 Å². The molecule has 0 atom stereocenters. The molecule has 14 heteroatoms. The van der Waals surface area contributed by atoms with E-state index in [2.05, 4.69) is 27.8 Å². The molecule has 0 aliphatic heterocycles. The minimum atomic E-state index is -4.70. The summed E-state index contributed by atoms with van der Waals surface area (Å²) in [5.74, 6) is 3.03. The van der Waals surface area contributed by atoms with Crippen LogP contribution in [0, 0.1) is 17.7 Å². The zero-order valence-corrected chi connectivity index (χ0v) is 23.1. The fourth-order valence-corrected chi connectivity index (χ4v) is 4.93. The van der Waals surface area contributed by atoms with Crippen molar-refractivity contribution in [3.05, 3.63) is 52.2 Å². The highest BCUT2D eigenvalue weighted by Gasteiger charge is 2.31. The van der Waals surface area contributed by atoms with Crippen LogP contribution in [0.3, 0.4) is 0 Å². The maximum absolute atomic E-state index is 14.5. The predicted molar refractivity (Wildman–Crippen MR) is 145 cm³/mol. The van der Waals surface area contributed by atoms with E-state index < -0.39 is 48.4 Å². The number of hydrogen-bond acceptors (Lipinski definition) is 6. The summed E-state index contributed by atoms with van der Waals surface area (Å²) in [7, 11) is 5.02. The number of halogens is 7. The Hall–Kier alpha value is -3.70. The highest BCUT2D eigenvalue weighted by Crippen LogP contribution is 2.39. The van der Waals surface area contributed by atoms with Gasteiger partial charge in [-0.1, -0.05) is 24.0 Å². The van der Waals surface area contributed by atoms with Gasteiger partial charge < -0.3 is 25.6 Å². The van der Waals surface area contributed by atoms with Gasteiger partial charge in [-0.15, -0.1) is 11.3 Å². The number of carbonyl (C=O) groups excluding carboxylic acids is 1. The predicted octanol–water partition coefficient (Wildman–Crippen LogP) is 5.88. The minimum absolute atomic E-state index is 0.0106. The molecule has 3 aromatic rings. The van der Waals surface area contributed by atoms with E-state index in [9.17, 15) is 35.5 Å². The van der Waals surface area contributed by atoms with E-state index in [-0.39, 0.29) is 22.7 Å². The zero-order chi connectivity index (χ0) is 30.4. The Balaban J connectivity index is 1.91. The van der Waals surface area contributed by atoms with Crippen LogP contribution < -0.4 is 20.7 Å². The first-order chi connectivity index (χ1) is 19.2. The molecule has 1 aromatic heterocycles. The number of hydrogen-bond donors (Lipinski definition) is 3. The zero-order valence-electron chi connectivity index (χ0n) is 22.2. The van der Waals surface area contributed by atoms with Crippen molar-refractivity contribution in [2.75, 3.05) is 58.0 Å². The van der Waals surface area contributed by atoms with E-state index in [0.29, 0.717) is 28.9 Å². The van der Waals surface area contributed by atoms with E-state index in [4.69, 9.17) is 4.74 Å². The lowest BCUT2D eigenvalue weighted by Crippen LogP contribution is -2.22. The van der Waals surface area contributed by atoms with E-state index in [0.717, 1.165) is 23.5 Å². The fourth-order valence-electron chi connectivity index (χ4n) is 3.74. The number of amides is 1. The molecule has 0 bridgehead atoms. The van der Waals surface area contributed by atoms with Crippen LogP contribution in [0.5, 0.6) is 5.75 Å². The van der Waals surface area contributed by atoms with E-state index in [1.54, 1.807) is 18.2 Å². The van der Waals surface area contributed by atoms with Crippen molar-refractivity contribution >= 4 is 38.7 Å². The van der Waals surface area contributed by atoms with Crippen LogP contribution in [0.4, 0.5) is 42.1 Å². The number of likely N-dealkylation sites (N-methyl/N-ethyl adjacent to an activating group) is 1. The van der Waals surface area contributed by atoms with Crippen LogP contribution in [-0.2, 0) is 6.42 Å². The van der Waals surface area contributed by atoms with Gasteiger partial charge in [0.15, 0.2) is 6.61 Å². The second-order valence-corrected chi connectivity index (χ2v) is 10.1. The van der Waals surface area contributed by atoms with Gasteiger partial charge in [-0.2, -0.15) is 26.3 Å². The van der Waals surface area contributed by atoms with E-state index in [1.807, 2.05) is 19.0 Å².